The number of hydrogen-bond donors (Lipinski definition) is 0. The first-order valence-electron chi connectivity index (χ1n) is 11.3. The second-order valence-electron chi connectivity index (χ2n) is 8.52. The van der Waals surface area contributed by atoms with Crippen molar-refractivity contribution in [3.05, 3.63) is 72.2 Å². The second-order valence-corrected chi connectivity index (χ2v) is 8.52. The van der Waals surface area contributed by atoms with Gasteiger partial charge in [-0.15, -0.1) is 0 Å². The highest BCUT2D eigenvalue weighted by Crippen LogP contribution is 2.31. The third-order valence-electron chi connectivity index (χ3n) is 6.31. The lowest BCUT2D eigenvalue weighted by atomic mass is 9.99. The number of methoxy groups -OCH3 is 1. The van der Waals surface area contributed by atoms with Gasteiger partial charge in [-0.25, -0.2) is 15.0 Å². The van der Waals surface area contributed by atoms with Crippen LogP contribution < -0.4 is 4.74 Å². The predicted molar refractivity (Wildman–Crippen MR) is 133 cm³/mol. The molecule has 8 heteroatoms. The normalized spacial score (nSPS) is 14.0. The van der Waals surface area contributed by atoms with Crippen LogP contribution >= 0.6 is 0 Å². The summed E-state index contributed by atoms with van der Waals surface area (Å²) in [4.78, 5) is 30.5. The first-order chi connectivity index (χ1) is 17.1. The highest BCUT2D eigenvalue weighted by atomic mass is 16.5. The van der Waals surface area contributed by atoms with Crippen molar-refractivity contribution in [2.75, 3.05) is 40.3 Å². The number of benzene rings is 2. The lowest BCUT2D eigenvalue weighted by molar-refractivity contribution is 0.0664. The third kappa shape index (κ3) is 4.42. The smallest absolute Gasteiger partial charge is 0.253 e. The fraction of sp³-hybridized carbons (Fsp3) is 0.222. The molecule has 4 aromatic rings. The number of nitrogens with zero attached hydrogens (tertiary/aromatic N) is 6. The molecule has 35 heavy (non-hydrogen) atoms. The van der Waals surface area contributed by atoms with Crippen LogP contribution in [-0.2, 0) is 0 Å². The molecule has 1 aliphatic heterocycles. The molecule has 0 unspecified atom stereocenters. The van der Waals surface area contributed by atoms with Crippen molar-refractivity contribution < 1.29 is 9.53 Å². The quantitative estimate of drug-likeness (QED) is 0.455. The SMILES string of the molecule is COc1ncc(-c2ccc3ncnc(-c4cccc(C(=O)N5CCN(C)CC5)c4)c3c2)cc1C#N. The molecular weight excluding hydrogens is 440 g/mol. The topological polar surface area (TPSA) is 95.2 Å². The van der Waals surface area contributed by atoms with Gasteiger partial charge >= 0.3 is 0 Å². The molecule has 0 atom stereocenters. The highest BCUT2D eigenvalue weighted by Gasteiger charge is 2.21. The van der Waals surface area contributed by atoms with Gasteiger partial charge in [-0.05, 0) is 42.9 Å². The Bertz CT molecular complexity index is 1450. The van der Waals surface area contributed by atoms with Crippen LogP contribution in [0, 0.1) is 11.3 Å². The molecule has 0 spiro atoms. The Labute approximate surface area is 203 Å². The van der Waals surface area contributed by atoms with Crippen molar-refractivity contribution in [1.82, 2.24) is 24.8 Å². The molecule has 1 saturated heterocycles. The van der Waals surface area contributed by atoms with Gasteiger partial charge in [0.25, 0.3) is 5.91 Å². The fourth-order valence-electron chi connectivity index (χ4n) is 4.31. The van der Waals surface area contributed by atoms with Crippen LogP contribution in [0.2, 0.25) is 0 Å². The summed E-state index contributed by atoms with van der Waals surface area (Å²) < 4.78 is 5.17. The Morgan fingerprint density at radius 3 is 2.57 bits per heavy atom. The van der Waals surface area contributed by atoms with E-state index >= 15 is 0 Å². The van der Waals surface area contributed by atoms with Gasteiger partial charge in [0.2, 0.25) is 5.88 Å². The minimum Gasteiger partial charge on any atom is -0.480 e. The first kappa shape index (κ1) is 22.4. The largest absolute Gasteiger partial charge is 0.480 e. The zero-order chi connectivity index (χ0) is 24.4. The van der Waals surface area contributed by atoms with E-state index in [4.69, 9.17) is 4.74 Å². The van der Waals surface area contributed by atoms with Crippen molar-refractivity contribution in [1.29, 1.82) is 5.26 Å². The van der Waals surface area contributed by atoms with Gasteiger partial charge in [-0.1, -0.05) is 18.2 Å². The van der Waals surface area contributed by atoms with E-state index in [1.807, 2.05) is 47.4 Å². The molecule has 1 amide bonds. The van der Waals surface area contributed by atoms with E-state index in [9.17, 15) is 10.1 Å². The fourth-order valence-corrected chi connectivity index (χ4v) is 4.31. The molecule has 3 heterocycles. The summed E-state index contributed by atoms with van der Waals surface area (Å²) in [5.41, 5.74) is 5.06. The first-order valence-corrected chi connectivity index (χ1v) is 11.3. The molecular formula is C27H24N6O2. The molecule has 0 saturated carbocycles. The zero-order valence-corrected chi connectivity index (χ0v) is 19.6. The van der Waals surface area contributed by atoms with Crippen LogP contribution in [0.15, 0.2) is 61.1 Å². The molecule has 0 N–H and O–H groups in total. The number of pyridine rings is 1. The van der Waals surface area contributed by atoms with E-state index in [2.05, 4.69) is 33.0 Å². The number of aromatic nitrogens is 3. The van der Waals surface area contributed by atoms with Gasteiger partial charge in [0.1, 0.15) is 18.0 Å². The predicted octanol–water partition coefficient (Wildman–Crippen LogP) is 3.63. The molecule has 5 rings (SSSR count). The van der Waals surface area contributed by atoms with Crippen molar-refractivity contribution >= 4 is 16.8 Å². The Balaban J connectivity index is 1.54. The molecule has 1 aliphatic rings. The van der Waals surface area contributed by atoms with Crippen LogP contribution in [0.4, 0.5) is 0 Å². The number of amides is 1. The average Bonchev–Trinajstić information content (AvgIpc) is 2.92. The number of ether oxygens (including phenoxy) is 1. The van der Waals surface area contributed by atoms with Crippen molar-refractivity contribution in [3.8, 4) is 34.3 Å². The lowest BCUT2D eigenvalue weighted by Gasteiger charge is -2.32. The van der Waals surface area contributed by atoms with Crippen molar-refractivity contribution in [3.63, 3.8) is 0 Å². The molecule has 0 aliphatic carbocycles. The molecule has 0 radical (unpaired) electrons. The van der Waals surface area contributed by atoms with Crippen LogP contribution in [0.5, 0.6) is 5.88 Å². The number of piperazine rings is 1. The maximum absolute atomic E-state index is 13.1. The van der Waals surface area contributed by atoms with Gasteiger partial charge in [0, 0.05) is 54.5 Å². The summed E-state index contributed by atoms with van der Waals surface area (Å²) in [5.74, 6) is 0.329. The summed E-state index contributed by atoms with van der Waals surface area (Å²) >= 11 is 0. The van der Waals surface area contributed by atoms with Gasteiger partial charge in [-0.2, -0.15) is 5.26 Å². The molecule has 174 valence electrons. The number of rotatable bonds is 4. The summed E-state index contributed by atoms with van der Waals surface area (Å²) in [5, 5.41) is 10.3. The van der Waals surface area contributed by atoms with Crippen LogP contribution in [0.3, 0.4) is 0 Å². The van der Waals surface area contributed by atoms with E-state index in [-0.39, 0.29) is 5.91 Å². The zero-order valence-electron chi connectivity index (χ0n) is 19.6. The van der Waals surface area contributed by atoms with Gasteiger partial charge in [-0.3, -0.25) is 4.79 Å². The van der Waals surface area contributed by atoms with Crippen molar-refractivity contribution in [2.24, 2.45) is 0 Å². The van der Waals surface area contributed by atoms with Crippen LogP contribution in [0.1, 0.15) is 15.9 Å². The van der Waals surface area contributed by atoms with Crippen molar-refractivity contribution in [2.45, 2.75) is 0 Å². The Morgan fingerprint density at radius 2 is 1.80 bits per heavy atom. The van der Waals surface area contributed by atoms with Gasteiger partial charge < -0.3 is 14.5 Å². The van der Waals surface area contributed by atoms with E-state index in [0.29, 0.717) is 17.0 Å². The lowest BCUT2D eigenvalue weighted by Crippen LogP contribution is -2.47. The highest BCUT2D eigenvalue weighted by molar-refractivity contribution is 5.98. The van der Waals surface area contributed by atoms with Gasteiger partial charge in [0.15, 0.2) is 0 Å². The minimum atomic E-state index is 0.0346. The Hall–Kier alpha value is -4.35. The van der Waals surface area contributed by atoms with E-state index < -0.39 is 0 Å². The maximum atomic E-state index is 13.1. The number of likely N-dealkylation sites (N-methyl/N-ethyl adjacent to an activating group) is 1. The Kier molecular flexibility index (Phi) is 6.08. The number of hydrogen-bond acceptors (Lipinski definition) is 7. The molecule has 8 nitrogen and oxygen atoms in total. The van der Waals surface area contributed by atoms with Crippen LogP contribution in [0.25, 0.3) is 33.3 Å². The average molecular weight is 465 g/mol. The van der Waals surface area contributed by atoms with Gasteiger partial charge in [0.05, 0.1) is 18.3 Å². The Morgan fingerprint density at radius 1 is 0.971 bits per heavy atom. The number of fused-ring (bicyclic) bond motifs is 1. The number of nitriles is 1. The summed E-state index contributed by atoms with van der Waals surface area (Å²) in [6, 6.07) is 17.3. The molecule has 0 bridgehead atoms. The van der Waals surface area contributed by atoms with E-state index in [1.54, 1.807) is 12.3 Å². The van der Waals surface area contributed by atoms with E-state index in [1.165, 1.54) is 13.4 Å². The maximum Gasteiger partial charge on any atom is 0.253 e. The standard InChI is InChI=1S/C27H24N6O2/c1-32-8-10-33(11-9-32)27(34)20-5-3-4-19(12-20)25-23-14-18(6-7-24(23)30-17-31-25)22-13-21(15-28)26(35-2)29-16-22/h3-7,12-14,16-17H,8-11H2,1-2H3. The minimum absolute atomic E-state index is 0.0346. The third-order valence-corrected chi connectivity index (χ3v) is 6.31. The van der Waals surface area contributed by atoms with E-state index in [0.717, 1.165) is 59.5 Å². The summed E-state index contributed by atoms with van der Waals surface area (Å²) in [7, 11) is 3.56. The molecule has 1 fully saturated rings. The molecule has 2 aromatic heterocycles. The summed E-state index contributed by atoms with van der Waals surface area (Å²) in [6.07, 6.45) is 3.22. The second kappa shape index (κ2) is 9.49. The number of carbonyl (C=O) groups is 1. The van der Waals surface area contributed by atoms with Crippen LogP contribution in [-0.4, -0.2) is 71.0 Å². The monoisotopic (exact) mass is 464 g/mol. The molecule has 2 aromatic carbocycles. The number of carbonyl (C=O) groups excluding carboxylic acids is 1. The summed E-state index contributed by atoms with van der Waals surface area (Å²) in [6.45, 7) is 3.19.